The van der Waals surface area contributed by atoms with Crippen LogP contribution in [-0.2, 0) is 11.8 Å². The van der Waals surface area contributed by atoms with Crippen LogP contribution >= 0.6 is 0 Å². The number of aryl methyl sites for hydroxylation is 1. The first-order valence-corrected chi connectivity index (χ1v) is 7.02. The van der Waals surface area contributed by atoms with Gasteiger partial charge in [-0.15, -0.1) is 0 Å². The molecule has 0 aliphatic carbocycles. The maximum absolute atomic E-state index is 12.2. The molecule has 2 atom stereocenters. The number of rotatable bonds is 5. The topological polar surface area (TPSA) is 71.3 Å². The van der Waals surface area contributed by atoms with Gasteiger partial charge in [0, 0.05) is 29.7 Å². The van der Waals surface area contributed by atoms with Crippen molar-refractivity contribution < 1.29 is 14.7 Å². The Kier molecular flexibility index (Phi) is 4.31. The highest BCUT2D eigenvalue weighted by atomic mass is 16.4. The van der Waals surface area contributed by atoms with Crippen LogP contribution in [0, 0.1) is 5.92 Å². The number of carbonyl (C=O) groups excluding carboxylic acids is 1. The van der Waals surface area contributed by atoms with E-state index in [4.69, 9.17) is 0 Å². The smallest absolute Gasteiger partial charge is 0.326 e. The molecule has 0 saturated carbocycles. The van der Waals surface area contributed by atoms with Crippen molar-refractivity contribution in [1.29, 1.82) is 0 Å². The number of aromatic nitrogens is 1. The molecule has 0 aliphatic heterocycles. The van der Waals surface area contributed by atoms with Crippen LogP contribution in [-0.4, -0.2) is 27.6 Å². The van der Waals surface area contributed by atoms with Crippen molar-refractivity contribution in [3.8, 4) is 0 Å². The predicted molar refractivity (Wildman–Crippen MR) is 81.3 cm³/mol. The Balaban J connectivity index is 2.22. The molecule has 21 heavy (non-hydrogen) atoms. The quantitative estimate of drug-likeness (QED) is 0.887. The van der Waals surface area contributed by atoms with Crippen LogP contribution in [0.25, 0.3) is 10.9 Å². The first-order chi connectivity index (χ1) is 9.93. The number of hydrogen-bond donors (Lipinski definition) is 2. The maximum atomic E-state index is 12.2. The Morgan fingerprint density at radius 2 is 2.05 bits per heavy atom. The molecule has 5 nitrogen and oxygen atoms in total. The Labute approximate surface area is 123 Å². The number of fused-ring (bicyclic) bond motifs is 1. The van der Waals surface area contributed by atoms with Crippen LogP contribution in [0.4, 0.5) is 0 Å². The second-order valence-electron chi connectivity index (χ2n) is 5.38. The fourth-order valence-electron chi connectivity index (χ4n) is 2.33. The van der Waals surface area contributed by atoms with Crippen molar-refractivity contribution in [3.63, 3.8) is 0 Å². The van der Waals surface area contributed by atoms with E-state index in [1.165, 1.54) is 0 Å². The molecule has 0 fully saturated rings. The van der Waals surface area contributed by atoms with Gasteiger partial charge < -0.3 is 15.0 Å². The third-order valence-electron chi connectivity index (χ3n) is 3.91. The normalized spacial score (nSPS) is 13.9. The lowest BCUT2D eigenvalue weighted by atomic mass is 9.99. The first-order valence-electron chi connectivity index (χ1n) is 7.02. The summed E-state index contributed by atoms with van der Waals surface area (Å²) in [4.78, 5) is 23.5. The molecule has 2 rings (SSSR count). The standard InChI is InChI=1S/C16H20N2O3/c1-4-10(2)14(16(20)21)17-15(19)12-5-6-13-11(9-12)7-8-18(13)3/h5-10,14H,4H2,1-3H3,(H,17,19)(H,20,21)/t10-,14-/m0/s1. The molecule has 1 heterocycles. The summed E-state index contributed by atoms with van der Waals surface area (Å²) in [6.45, 7) is 3.72. The lowest BCUT2D eigenvalue weighted by Gasteiger charge is -2.20. The van der Waals surface area contributed by atoms with Gasteiger partial charge in [-0.05, 0) is 30.2 Å². The van der Waals surface area contributed by atoms with E-state index in [1.807, 2.05) is 43.8 Å². The number of amides is 1. The lowest BCUT2D eigenvalue weighted by Crippen LogP contribution is -2.45. The van der Waals surface area contributed by atoms with E-state index in [0.29, 0.717) is 12.0 Å². The third-order valence-corrected chi connectivity index (χ3v) is 3.91. The molecule has 112 valence electrons. The largest absolute Gasteiger partial charge is 0.480 e. The number of benzene rings is 1. The molecule has 0 bridgehead atoms. The van der Waals surface area contributed by atoms with Crippen molar-refractivity contribution >= 4 is 22.8 Å². The van der Waals surface area contributed by atoms with Crippen molar-refractivity contribution in [2.24, 2.45) is 13.0 Å². The summed E-state index contributed by atoms with van der Waals surface area (Å²) in [5.74, 6) is -1.47. The Morgan fingerprint density at radius 3 is 2.67 bits per heavy atom. The van der Waals surface area contributed by atoms with Gasteiger partial charge in [-0.1, -0.05) is 20.3 Å². The molecule has 2 N–H and O–H groups in total. The summed E-state index contributed by atoms with van der Waals surface area (Å²) in [7, 11) is 1.94. The minimum absolute atomic E-state index is 0.119. The summed E-state index contributed by atoms with van der Waals surface area (Å²) in [5.41, 5.74) is 1.51. The number of aliphatic carboxylic acids is 1. The number of hydrogen-bond acceptors (Lipinski definition) is 2. The van der Waals surface area contributed by atoms with E-state index in [0.717, 1.165) is 10.9 Å². The van der Waals surface area contributed by atoms with E-state index >= 15 is 0 Å². The zero-order chi connectivity index (χ0) is 15.6. The van der Waals surface area contributed by atoms with Crippen LogP contribution in [0.1, 0.15) is 30.6 Å². The number of carboxylic acids is 1. The summed E-state index contributed by atoms with van der Waals surface area (Å²) in [6.07, 6.45) is 2.61. The maximum Gasteiger partial charge on any atom is 0.326 e. The number of carboxylic acid groups (broad SMARTS) is 1. The predicted octanol–water partition coefficient (Wildman–Crippen LogP) is 2.41. The highest BCUT2D eigenvalue weighted by molar-refractivity contribution is 5.99. The molecular weight excluding hydrogens is 268 g/mol. The van der Waals surface area contributed by atoms with Crippen molar-refractivity contribution in [3.05, 3.63) is 36.0 Å². The molecule has 1 aromatic carbocycles. The highest BCUT2D eigenvalue weighted by Gasteiger charge is 2.25. The van der Waals surface area contributed by atoms with Crippen LogP contribution in [0.2, 0.25) is 0 Å². The van der Waals surface area contributed by atoms with E-state index in [-0.39, 0.29) is 11.8 Å². The molecule has 0 spiro atoms. The first kappa shape index (κ1) is 15.1. The fourth-order valence-corrected chi connectivity index (χ4v) is 2.33. The van der Waals surface area contributed by atoms with E-state index < -0.39 is 12.0 Å². The van der Waals surface area contributed by atoms with E-state index in [9.17, 15) is 14.7 Å². The molecule has 0 saturated heterocycles. The van der Waals surface area contributed by atoms with Gasteiger partial charge in [0.15, 0.2) is 0 Å². The molecule has 0 radical (unpaired) electrons. The average Bonchev–Trinajstić information content (AvgIpc) is 2.84. The molecule has 1 amide bonds. The number of carbonyl (C=O) groups is 2. The number of nitrogens with one attached hydrogen (secondary N) is 1. The zero-order valence-corrected chi connectivity index (χ0v) is 12.5. The fraction of sp³-hybridized carbons (Fsp3) is 0.375. The van der Waals surface area contributed by atoms with E-state index in [2.05, 4.69) is 5.32 Å². The van der Waals surface area contributed by atoms with Gasteiger partial charge in [0.1, 0.15) is 6.04 Å². The second-order valence-corrected chi connectivity index (χ2v) is 5.38. The van der Waals surface area contributed by atoms with E-state index in [1.54, 1.807) is 12.1 Å². The molecule has 5 heteroatoms. The van der Waals surface area contributed by atoms with Gasteiger partial charge >= 0.3 is 5.97 Å². The summed E-state index contributed by atoms with van der Waals surface area (Å²) in [6, 6.07) is 6.42. The van der Waals surface area contributed by atoms with Crippen LogP contribution < -0.4 is 5.32 Å². The van der Waals surface area contributed by atoms with Crippen molar-refractivity contribution in [1.82, 2.24) is 9.88 Å². The van der Waals surface area contributed by atoms with Gasteiger partial charge in [0.05, 0.1) is 0 Å². The lowest BCUT2D eigenvalue weighted by molar-refractivity contribution is -0.140. The summed E-state index contributed by atoms with van der Waals surface area (Å²) >= 11 is 0. The zero-order valence-electron chi connectivity index (χ0n) is 12.5. The summed E-state index contributed by atoms with van der Waals surface area (Å²) < 4.78 is 1.97. The highest BCUT2D eigenvalue weighted by Crippen LogP contribution is 2.17. The van der Waals surface area contributed by atoms with Gasteiger partial charge in [-0.3, -0.25) is 4.79 Å². The third kappa shape index (κ3) is 3.07. The van der Waals surface area contributed by atoms with Crippen molar-refractivity contribution in [2.45, 2.75) is 26.3 Å². The SMILES string of the molecule is CC[C@H](C)[C@H](NC(=O)c1ccc2c(ccn2C)c1)C(=O)O. The average molecular weight is 288 g/mol. The van der Waals surface area contributed by atoms with Gasteiger partial charge in [-0.2, -0.15) is 0 Å². The van der Waals surface area contributed by atoms with Crippen LogP contribution in [0.15, 0.2) is 30.5 Å². The Morgan fingerprint density at radius 1 is 1.33 bits per heavy atom. The van der Waals surface area contributed by atoms with Gasteiger partial charge in [0.2, 0.25) is 0 Å². The van der Waals surface area contributed by atoms with Crippen molar-refractivity contribution in [2.75, 3.05) is 0 Å². The molecule has 2 aromatic rings. The van der Waals surface area contributed by atoms with Crippen LogP contribution in [0.3, 0.4) is 0 Å². The second kappa shape index (κ2) is 5.99. The number of nitrogens with zero attached hydrogens (tertiary/aromatic N) is 1. The van der Waals surface area contributed by atoms with Gasteiger partial charge in [-0.25, -0.2) is 4.79 Å². The summed E-state index contributed by atoms with van der Waals surface area (Å²) in [5, 5.41) is 12.8. The monoisotopic (exact) mass is 288 g/mol. The molecular formula is C16H20N2O3. The van der Waals surface area contributed by atoms with Crippen LogP contribution in [0.5, 0.6) is 0 Å². The molecule has 1 aromatic heterocycles. The molecule has 0 unspecified atom stereocenters. The molecule has 0 aliphatic rings. The minimum atomic E-state index is -1.00. The minimum Gasteiger partial charge on any atom is -0.480 e. The Hall–Kier alpha value is -2.30. The van der Waals surface area contributed by atoms with Gasteiger partial charge in [0.25, 0.3) is 5.91 Å². The Bertz CT molecular complexity index is 675.